The number of rotatable bonds is 4. The molecule has 1 N–H and O–H groups in total. The lowest BCUT2D eigenvalue weighted by Gasteiger charge is -2.35. The summed E-state index contributed by atoms with van der Waals surface area (Å²) in [4.78, 5) is 19.0. The zero-order valence-corrected chi connectivity index (χ0v) is 22.9. The van der Waals surface area contributed by atoms with E-state index in [0.29, 0.717) is 30.1 Å². The molecular formula is C30H36F2N6O. The van der Waals surface area contributed by atoms with Crippen LogP contribution < -0.4 is 10.2 Å². The molecule has 2 amide bonds. The SMILES string of the molecule is CNC(=O)N1Cc2cc(C3CCN(C)CC3)cc(N3CCCc4cc(-c5cnn(C)c5)c(C(F)F)cc43)c2C1. The molecule has 9 heteroatoms. The van der Waals surface area contributed by atoms with E-state index >= 15 is 0 Å². The van der Waals surface area contributed by atoms with E-state index in [-0.39, 0.29) is 11.6 Å². The third-order valence-electron chi connectivity index (χ3n) is 8.65. The number of anilines is 2. The van der Waals surface area contributed by atoms with Crippen molar-refractivity contribution in [1.82, 2.24) is 24.9 Å². The fourth-order valence-corrected chi connectivity index (χ4v) is 6.53. The molecule has 1 aromatic heterocycles. The smallest absolute Gasteiger partial charge is 0.317 e. The Hall–Kier alpha value is -3.46. The van der Waals surface area contributed by atoms with Gasteiger partial charge in [-0.25, -0.2) is 13.6 Å². The van der Waals surface area contributed by atoms with Gasteiger partial charge >= 0.3 is 6.03 Å². The monoisotopic (exact) mass is 534 g/mol. The van der Waals surface area contributed by atoms with E-state index in [0.717, 1.165) is 67.8 Å². The van der Waals surface area contributed by atoms with Gasteiger partial charge in [-0.1, -0.05) is 6.07 Å². The minimum absolute atomic E-state index is 0.0313. The van der Waals surface area contributed by atoms with Gasteiger partial charge in [0.1, 0.15) is 0 Å². The lowest BCUT2D eigenvalue weighted by Crippen LogP contribution is -2.34. The van der Waals surface area contributed by atoms with Crippen molar-refractivity contribution in [2.24, 2.45) is 7.05 Å². The summed E-state index contributed by atoms with van der Waals surface area (Å²) in [6.45, 7) is 3.95. The molecule has 39 heavy (non-hydrogen) atoms. The van der Waals surface area contributed by atoms with Crippen molar-refractivity contribution in [1.29, 1.82) is 0 Å². The summed E-state index contributed by atoms with van der Waals surface area (Å²) in [6.07, 6.45) is 4.79. The number of aryl methyl sites for hydroxylation is 2. The molecule has 3 aliphatic heterocycles. The van der Waals surface area contributed by atoms with Gasteiger partial charge in [0.25, 0.3) is 6.43 Å². The number of piperidine rings is 1. The highest BCUT2D eigenvalue weighted by molar-refractivity contribution is 5.80. The van der Waals surface area contributed by atoms with E-state index in [9.17, 15) is 13.6 Å². The Labute approximate surface area is 228 Å². The predicted molar refractivity (Wildman–Crippen MR) is 149 cm³/mol. The first-order valence-corrected chi connectivity index (χ1v) is 13.8. The standard InChI is InChI=1S/C30H36F2N6O/c1-33-30(39)37-17-22-11-21(19-6-9-35(2)10-7-19)13-28(26(22)18-37)38-8-4-5-20-12-24(23-15-34-36(3)16-23)25(29(31)32)14-27(20)38/h11-16,19,29H,4-10,17-18H2,1-3H3,(H,33,39). The van der Waals surface area contributed by atoms with E-state index in [1.807, 2.05) is 11.0 Å². The van der Waals surface area contributed by atoms with Gasteiger partial charge in [-0.15, -0.1) is 0 Å². The molecule has 0 saturated carbocycles. The van der Waals surface area contributed by atoms with Crippen molar-refractivity contribution in [2.45, 2.75) is 51.1 Å². The second kappa shape index (κ2) is 10.3. The molecule has 0 unspecified atom stereocenters. The first-order chi connectivity index (χ1) is 18.8. The molecule has 0 bridgehead atoms. The highest BCUT2D eigenvalue weighted by atomic mass is 19.3. The molecule has 0 aliphatic carbocycles. The molecule has 0 atom stereocenters. The summed E-state index contributed by atoms with van der Waals surface area (Å²) in [7, 11) is 5.62. The summed E-state index contributed by atoms with van der Waals surface area (Å²) in [6, 6.07) is 8.12. The lowest BCUT2D eigenvalue weighted by atomic mass is 9.86. The van der Waals surface area contributed by atoms with Gasteiger partial charge in [0.05, 0.1) is 12.7 Å². The van der Waals surface area contributed by atoms with Crippen molar-refractivity contribution >= 4 is 17.4 Å². The minimum Gasteiger partial charge on any atom is -0.341 e. The van der Waals surface area contributed by atoms with Crippen LogP contribution in [0.4, 0.5) is 25.0 Å². The van der Waals surface area contributed by atoms with E-state index in [2.05, 4.69) is 39.4 Å². The number of aromatic nitrogens is 2. The van der Waals surface area contributed by atoms with E-state index in [1.54, 1.807) is 37.2 Å². The topological polar surface area (TPSA) is 56.6 Å². The molecule has 206 valence electrons. The van der Waals surface area contributed by atoms with Gasteiger partial charge < -0.3 is 20.0 Å². The summed E-state index contributed by atoms with van der Waals surface area (Å²) in [5, 5.41) is 6.98. The fraction of sp³-hybridized carbons (Fsp3) is 0.467. The number of hydrogen-bond acceptors (Lipinski definition) is 4. The Kier molecular flexibility index (Phi) is 6.79. The number of benzene rings is 2. The Morgan fingerprint density at radius 1 is 1.03 bits per heavy atom. The van der Waals surface area contributed by atoms with Crippen molar-refractivity contribution < 1.29 is 13.6 Å². The number of carbonyl (C=O) groups excluding carboxylic acids is 1. The maximum absolute atomic E-state index is 14.5. The zero-order valence-electron chi connectivity index (χ0n) is 22.9. The summed E-state index contributed by atoms with van der Waals surface area (Å²) < 4.78 is 30.6. The molecule has 0 spiro atoms. The first kappa shape index (κ1) is 25.8. The van der Waals surface area contributed by atoms with Gasteiger partial charge in [0, 0.05) is 61.4 Å². The lowest BCUT2D eigenvalue weighted by molar-refractivity contribution is 0.152. The maximum atomic E-state index is 14.5. The van der Waals surface area contributed by atoms with Crippen LogP contribution in [0.2, 0.25) is 0 Å². The molecule has 4 heterocycles. The third-order valence-corrected chi connectivity index (χ3v) is 8.65. The molecule has 3 aliphatic rings. The molecule has 6 rings (SSSR count). The van der Waals surface area contributed by atoms with Gasteiger partial charge in [-0.05, 0) is 92.2 Å². The van der Waals surface area contributed by atoms with Crippen LogP contribution >= 0.6 is 0 Å². The van der Waals surface area contributed by atoms with Crippen LogP contribution in [0.15, 0.2) is 36.7 Å². The van der Waals surface area contributed by atoms with Crippen molar-refractivity contribution in [2.75, 3.05) is 38.6 Å². The number of amides is 2. The molecule has 0 radical (unpaired) electrons. The quantitative estimate of drug-likeness (QED) is 0.475. The van der Waals surface area contributed by atoms with Gasteiger partial charge in [0.15, 0.2) is 0 Å². The average Bonchev–Trinajstić information content (AvgIpc) is 3.57. The Bertz CT molecular complexity index is 1390. The normalized spacial score (nSPS) is 18.0. The van der Waals surface area contributed by atoms with Crippen molar-refractivity contribution in [3.8, 4) is 11.1 Å². The van der Waals surface area contributed by atoms with Gasteiger partial charge in [0.2, 0.25) is 0 Å². The van der Waals surface area contributed by atoms with E-state index in [1.165, 1.54) is 11.1 Å². The number of nitrogens with zero attached hydrogens (tertiary/aromatic N) is 5. The molecule has 7 nitrogen and oxygen atoms in total. The average molecular weight is 535 g/mol. The summed E-state index contributed by atoms with van der Waals surface area (Å²) in [5.74, 6) is 0.452. The fourth-order valence-electron chi connectivity index (χ4n) is 6.53. The summed E-state index contributed by atoms with van der Waals surface area (Å²) in [5.41, 5.74) is 7.86. The van der Waals surface area contributed by atoms with E-state index in [4.69, 9.17) is 0 Å². The first-order valence-electron chi connectivity index (χ1n) is 13.8. The number of carbonyl (C=O) groups is 1. The number of nitrogens with one attached hydrogen (secondary N) is 1. The largest absolute Gasteiger partial charge is 0.341 e. The Morgan fingerprint density at radius 2 is 1.82 bits per heavy atom. The van der Waals surface area contributed by atoms with Gasteiger partial charge in [-0.2, -0.15) is 5.10 Å². The summed E-state index contributed by atoms with van der Waals surface area (Å²) >= 11 is 0. The maximum Gasteiger partial charge on any atom is 0.317 e. The number of alkyl halides is 2. The minimum atomic E-state index is -2.60. The van der Waals surface area contributed by atoms with Crippen LogP contribution in [0.5, 0.6) is 0 Å². The molecule has 3 aromatic rings. The van der Waals surface area contributed by atoms with Crippen LogP contribution in [0.3, 0.4) is 0 Å². The van der Waals surface area contributed by atoms with E-state index < -0.39 is 6.43 Å². The van der Waals surface area contributed by atoms with Crippen molar-refractivity contribution in [3.05, 3.63) is 64.5 Å². The second-order valence-electron chi connectivity index (χ2n) is 11.2. The zero-order chi connectivity index (χ0) is 27.3. The molecular weight excluding hydrogens is 498 g/mol. The Morgan fingerprint density at radius 3 is 2.51 bits per heavy atom. The van der Waals surface area contributed by atoms with Crippen molar-refractivity contribution in [3.63, 3.8) is 0 Å². The number of likely N-dealkylation sites (tertiary alicyclic amines) is 1. The highest BCUT2D eigenvalue weighted by Crippen LogP contribution is 2.45. The number of halogens is 2. The second-order valence-corrected chi connectivity index (χ2v) is 11.2. The number of fused-ring (bicyclic) bond motifs is 2. The number of urea groups is 1. The van der Waals surface area contributed by atoms with Crippen LogP contribution in [-0.2, 0) is 26.6 Å². The van der Waals surface area contributed by atoms with Crippen LogP contribution in [0.25, 0.3) is 11.1 Å². The molecule has 2 aromatic carbocycles. The highest BCUT2D eigenvalue weighted by Gasteiger charge is 2.32. The predicted octanol–water partition coefficient (Wildman–Crippen LogP) is 5.57. The molecule has 1 saturated heterocycles. The third kappa shape index (κ3) is 4.77. The van der Waals surface area contributed by atoms with Crippen LogP contribution in [-0.4, -0.2) is 59.3 Å². The molecule has 1 fully saturated rings. The number of hydrogen-bond donors (Lipinski definition) is 1. The van der Waals surface area contributed by atoms with Gasteiger partial charge in [-0.3, -0.25) is 4.68 Å². The Balaban J connectivity index is 1.46. The van der Waals surface area contributed by atoms with Crippen LogP contribution in [0, 0.1) is 0 Å². The van der Waals surface area contributed by atoms with Crippen LogP contribution in [0.1, 0.15) is 59.4 Å².